The number of hydrogen-bond donors (Lipinski definition) is 0. The van der Waals surface area contributed by atoms with Gasteiger partial charge in [0, 0.05) is 17.7 Å². The van der Waals surface area contributed by atoms with Crippen LogP contribution in [-0.4, -0.2) is 35.8 Å². The van der Waals surface area contributed by atoms with Crippen LogP contribution in [0.15, 0.2) is 40.8 Å². The van der Waals surface area contributed by atoms with Crippen LogP contribution in [0.5, 0.6) is 0 Å². The quantitative estimate of drug-likeness (QED) is 0.504. The fourth-order valence-corrected chi connectivity index (χ4v) is 5.58. The molecular weight excluding hydrogens is 332 g/mol. The van der Waals surface area contributed by atoms with Crippen molar-refractivity contribution < 1.29 is 11.6 Å². The highest BCUT2D eigenvalue weighted by atomic mass is 16.3. The Hall–Kier alpha value is -2.00. The summed E-state index contributed by atoms with van der Waals surface area (Å²) in [6, 6.07) is 12.5. The minimum Gasteiger partial charge on any atom is -0.454 e. The van der Waals surface area contributed by atoms with Crippen molar-refractivity contribution in [3.05, 3.63) is 42.0 Å². The van der Waals surface area contributed by atoms with Crippen molar-refractivity contribution in [2.45, 2.75) is 58.7 Å². The van der Waals surface area contributed by atoms with Crippen LogP contribution >= 0.6 is 0 Å². The third kappa shape index (κ3) is 2.37. The standard InChI is InChI=1S/C24H31N2O/c1-17-12-13-20-19-10-6-7-11-21(19)27-23(20)22(17)25-18(2)26(16-24(25,3)4)14-8-5-9-15-26/h6-7,10-13,18H,5,8-9,14-16H2,1-4H3/q+1/i16D2. The molecule has 1 atom stereocenters. The largest absolute Gasteiger partial charge is 0.454 e. The van der Waals surface area contributed by atoms with Gasteiger partial charge in [-0.15, -0.1) is 0 Å². The Kier molecular flexibility index (Phi) is 3.19. The number of furan rings is 1. The van der Waals surface area contributed by atoms with Crippen molar-refractivity contribution in [3.8, 4) is 0 Å². The number of rotatable bonds is 1. The first kappa shape index (κ1) is 15.0. The van der Waals surface area contributed by atoms with Gasteiger partial charge in [0.05, 0.1) is 27.1 Å². The number of benzene rings is 2. The molecule has 3 heterocycles. The van der Waals surface area contributed by atoms with Crippen LogP contribution in [0.25, 0.3) is 21.9 Å². The predicted octanol–water partition coefficient (Wildman–Crippen LogP) is 5.84. The lowest BCUT2D eigenvalue weighted by molar-refractivity contribution is -0.942. The number of quaternary nitrogens is 1. The predicted molar refractivity (Wildman–Crippen MR) is 113 cm³/mol. The highest BCUT2D eigenvalue weighted by Gasteiger charge is 2.55. The first-order valence-corrected chi connectivity index (χ1v) is 10.3. The summed E-state index contributed by atoms with van der Waals surface area (Å²) in [6.07, 6.45) is 3.46. The van der Waals surface area contributed by atoms with Crippen molar-refractivity contribution in [1.82, 2.24) is 0 Å². The smallest absolute Gasteiger partial charge is 0.162 e. The van der Waals surface area contributed by atoms with E-state index in [1.54, 1.807) is 0 Å². The highest BCUT2D eigenvalue weighted by Crippen LogP contribution is 2.46. The average molecular weight is 366 g/mol. The summed E-state index contributed by atoms with van der Waals surface area (Å²) in [5, 5.41) is 2.24. The molecule has 2 aliphatic heterocycles. The van der Waals surface area contributed by atoms with Gasteiger partial charge in [-0.05, 0) is 51.7 Å². The fraction of sp³-hybridized carbons (Fsp3) is 0.500. The van der Waals surface area contributed by atoms with E-state index in [2.05, 4.69) is 50.8 Å². The highest BCUT2D eigenvalue weighted by molar-refractivity contribution is 6.09. The van der Waals surface area contributed by atoms with Crippen LogP contribution in [0.2, 0.25) is 0 Å². The minimum atomic E-state index is -1.34. The van der Waals surface area contributed by atoms with Gasteiger partial charge in [-0.25, -0.2) is 0 Å². The number of para-hydroxylation sites is 1. The monoisotopic (exact) mass is 365 g/mol. The molecule has 2 fully saturated rings. The second-order valence-corrected chi connectivity index (χ2v) is 8.92. The zero-order valence-electron chi connectivity index (χ0n) is 18.9. The number of nitrogens with zero attached hydrogens (tertiary/aromatic N) is 2. The maximum atomic E-state index is 9.29. The van der Waals surface area contributed by atoms with Gasteiger partial charge in [0.15, 0.2) is 11.7 Å². The van der Waals surface area contributed by atoms with E-state index in [1.807, 2.05) is 18.2 Å². The van der Waals surface area contributed by atoms with Crippen molar-refractivity contribution in [3.63, 3.8) is 0 Å². The van der Waals surface area contributed by atoms with Gasteiger partial charge in [-0.2, -0.15) is 0 Å². The molecule has 0 saturated carbocycles. The normalized spacial score (nSPS) is 27.3. The number of piperidine rings is 1. The Balaban J connectivity index is 1.79. The minimum absolute atomic E-state index is 0.0535. The first-order chi connectivity index (χ1) is 13.7. The molecule has 0 bridgehead atoms. The first-order valence-electron chi connectivity index (χ1n) is 11.3. The van der Waals surface area contributed by atoms with Crippen LogP contribution in [0.3, 0.4) is 0 Å². The summed E-state index contributed by atoms with van der Waals surface area (Å²) in [7, 11) is 0. The molecule has 3 nitrogen and oxygen atoms in total. The average Bonchev–Trinajstić information content (AvgIpc) is 3.12. The molecule has 1 aromatic heterocycles. The zero-order valence-corrected chi connectivity index (χ0v) is 16.9. The zero-order chi connectivity index (χ0) is 20.6. The third-order valence-electron chi connectivity index (χ3n) is 6.77. The van der Waals surface area contributed by atoms with Crippen LogP contribution in [0.4, 0.5) is 5.69 Å². The lowest BCUT2D eigenvalue weighted by Crippen LogP contribution is -2.56. The van der Waals surface area contributed by atoms with Crippen molar-refractivity contribution in [2.24, 2.45) is 0 Å². The van der Waals surface area contributed by atoms with E-state index in [4.69, 9.17) is 4.42 Å². The Morgan fingerprint density at radius 2 is 1.81 bits per heavy atom. The Morgan fingerprint density at radius 1 is 1.07 bits per heavy atom. The second kappa shape index (κ2) is 5.75. The third-order valence-corrected chi connectivity index (χ3v) is 6.77. The summed E-state index contributed by atoms with van der Waals surface area (Å²) >= 11 is 0. The van der Waals surface area contributed by atoms with Gasteiger partial charge in [0.1, 0.15) is 12.1 Å². The molecule has 0 radical (unpaired) electrons. The second-order valence-electron chi connectivity index (χ2n) is 8.92. The molecule has 0 N–H and O–H groups in total. The summed E-state index contributed by atoms with van der Waals surface area (Å²) in [6.45, 7) is 8.97. The Morgan fingerprint density at radius 3 is 2.59 bits per heavy atom. The molecule has 5 rings (SSSR count). The number of anilines is 1. The van der Waals surface area contributed by atoms with Gasteiger partial charge >= 0.3 is 0 Å². The molecule has 2 aromatic carbocycles. The van der Waals surface area contributed by atoms with E-state index < -0.39 is 12.0 Å². The van der Waals surface area contributed by atoms with E-state index >= 15 is 0 Å². The summed E-state index contributed by atoms with van der Waals surface area (Å²) in [4.78, 5) is 2.35. The number of hydrogen-bond acceptors (Lipinski definition) is 2. The van der Waals surface area contributed by atoms with Crippen molar-refractivity contribution >= 4 is 27.6 Å². The molecule has 2 aliphatic rings. The summed E-state index contributed by atoms with van der Waals surface area (Å²) < 4.78 is 25.5. The number of aryl methyl sites for hydroxylation is 1. The SMILES string of the molecule is [2H]C1([2H])C(C)(C)N(c2c(C)ccc3c2oc2ccccc23)C(C)[N+]12CCCCC2. The van der Waals surface area contributed by atoms with Gasteiger partial charge < -0.3 is 13.8 Å². The Labute approximate surface area is 164 Å². The van der Waals surface area contributed by atoms with Gasteiger partial charge in [0.25, 0.3) is 0 Å². The van der Waals surface area contributed by atoms with E-state index in [9.17, 15) is 2.74 Å². The summed E-state index contributed by atoms with van der Waals surface area (Å²) in [5.74, 6) is 0. The molecule has 0 aliphatic carbocycles. The van der Waals surface area contributed by atoms with Crippen molar-refractivity contribution in [1.29, 1.82) is 0 Å². The Bertz CT molecular complexity index is 1090. The van der Waals surface area contributed by atoms with Crippen LogP contribution in [0, 0.1) is 6.92 Å². The van der Waals surface area contributed by atoms with E-state index in [0.29, 0.717) is 4.48 Å². The maximum Gasteiger partial charge on any atom is 0.162 e. The summed E-state index contributed by atoms with van der Waals surface area (Å²) in [5.41, 5.74) is 3.33. The molecule has 3 aromatic rings. The van der Waals surface area contributed by atoms with E-state index in [-0.39, 0.29) is 6.17 Å². The van der Waals surface area contributed by atoms with Gasteiger partial charge in [0.2, 0.25) is 0 Å². The molecule has 142 valence electrons. The molecule has 0 amide bonds. The lowest BCUT2D eigenvalue weighted by atomic mass is 10.00. The topological polar surface area (TPSA) is 16.4 Å². The number of fused-ring (bicyclic) bond motifs is 3. The lowest BCUT2D eigenvalue weighted by Gasteiger charge is -2.42. The van der Waals surface area contributed by atoms with Gasteiger partial charge in [-0.1, -0.05) is 30.3 Å². The maximum absolute atomic E-state index is 9.29. The molecule has 1 spiro atoms. The fourth-order valence-electron chi connectivity index (χ4n) is 5.58. The van der Waals surface area contributed by atoms with Gasteiger partial charge in [-0.3, -0.25) is 0 Å². The van der Waals surface area contributed by atoms with Crippen LogP contribution in [-0.2, 0) is 0 Å². The van der Waals surface area contributed by atoms with Crippen LogP contribution < -0.4 is 4.90 Å². The van der Waals surface area contributed by atoms with Crippen molar-refractivity contribution in [2.75, 3.05) is 24.5 Å². The molecule has 27 heavy (non-hydrogen) atoms. The molecule has 1 unspecified atom stereocenters. The molecular formula is C24H31N2O+. The van der Waals surface area contributed by atoms with E-state index in [0.717, 1.165) is 59.1 Å². The molecule has 2 saturated heterocycles. The van der Waals surface area contributed by atoms with Crippen LogP contribution in [0.1, 0.15) is 48.3 Å². The van der Waals surface area contributed by atoms with E-state index in [1.165, 1.54) is 6.42 Å². The molecule has 3 heteroatoms.